The van der Waals surface area contributed by atoms with Gasteiger partial charge in [-0.2, -0.15) is 5.21 Å². The van der Waals surface area contributed by atoms with Crippen molar-refractivity contribution in [1.29, 1.82) is 0 Å². The molecule has 0 aliphatic carbocycles. The van der Waals surface area contributed by atoms with Crippen LogP contribution in [-0.4, -0.2) is 28.5 Å². The molecular weight excluding hydrogens is 330 g/mol. The van der Waals surface area contributed by atoms with Crippen LogP contribution in [0.1, 0.15) is 29.8 Å². The molecule has 7 heteroatoms. The Kier molecular flexibility index (Phi) is 5.58. The molecule has 2 aromatic carbocycles. The number of para-hydroxylation sites is 1. The largest absolute Gasteiger partial charge is 0.496 e. The number of anilines is 1. The van der Waals surface area contributed by atoms with Gasteiger partial charge in [0.05, 0.1) is 13.0 Å². The van der Waals surface area contributed by atoms with Crippen molar-refractivity contribution in [2.24, 2.45) is 0 Å². The lowest BCUT2D eigenvalue weighted by atomic mass is 9.97. The van der Waals surface area contributed by atoms with Crippen LogP contribution < -0.4 is 15.2 Å². The van der Waals surface area contributed by atoms with Crippen molar-refractivity contribution in [3.8, 4) is 5.75 Å². The molecule has 1 amide bonds. The van der Waals surface area contributed by atoms with Crippen molar-refractivity contribution in [1.82, 2.24) is 20.6 Å². The molecule has 134 valence electrons. The first-order valence-corrected chi connectivity index (χ1v) is 8.41. The van der Waals surface area contributed by atoms with Gasteiger partial charge in [-0.3, -0.25) is 15.1 Å². The summed E-state index contributed by atoms with van der Waals surface area (Å²) in [7, 11) is 1.60. The number of amides is 1. The molecule has 0 unspecified atom stereocenters. The highest BCUT2D eigenvalue weighted by atomic mass is 16.5. The van der Waals surface area contributed by atoms with Crippen LogP contribution in [-0.2, 0) is 17.6 Å². The summed E-state index contributed by atoms with van der Waals surface area (Å²) in [6.45, 7) is 2.09. The summed E-state index contributed by atoms with van der Waals surface area (Å²) in [6.07, 6.45) is 1.33. The summed E-state index contributed by atoms with van der Waals surface area (Å²) in [4.78, 5) is 12.9. The molecule has 0 saturated heterocycles. The second kappa shape index (κ2) is 8.24. The molecule has 0 fully saturated rings. The third kappa shape index (κ3) is 4.05. The van der Waals surface area contributed by atoms with E-state index in [1.165, 1.54) is 5.56 Å². The van der Waals surface area contributed by atoms with E-state index >= 15 is 0 Å². The normalized spacial score (nSPS) is 11.8. The van der Waals surface area contributed by atoms with E-state index < -0.39 is 5.92 Å². The van der Waals surface area contributed by atoms with Gasteiger partial charge in [0.15, 0.2) is 0 Å². The Morgan fingerprint density at radius 3 is 2.62 bits per heavy atom. The number of tetrazole rings is 1. The molecule has 1 atom stereocenters. The molecule has 1 aromatic heterocycles. The molecule has 3 aromatic rings. The summed E-state index contributed by atoms with van der Waals surface area (Å²) in [5.41, 5.74) is 2.83. The fraction of sp³-hybridized carbons (Fsp3) is 0.263. The van der Waals surface area contributed by atoms with Gasteiger partial charge in [-0.15, -0.1) is 0 Å². The first-order valence-electron chi connectivity index (χ1n) is 8.41. The molecule has 0 aliphatic rings. The van der Waals surface area contributed by atoms with Crippen molar-refractivity contribution < 1.29 is 9.53 Å². The Balaban J connectivity index is 1.82. The number of benzene rings is 2. The van der Waals surface area contributed by atoms with E-state index in [-0.39, 0.29) is 5.91 Å². The average Bonchev–Trinajstić information content (AvgIpc) is 3.21. The maximum absolute atomic E-state index is 12.9. The number of methoxy groups -OCH3 is 1. The van der Waals surface area contributed by atoms with E-state index in [0.717, 1.165) is 17.7 Å². The maximum atomic E-state index is 12.9. The molecule has 0 saturated carbocycles. The molecule has 0 aliphatic heterocycles. The van der Waals surface area contributed by atoms with E-state index in [4.69, 9.17) is 4.74 Å². The minimum atomic E-state index is -0.618. The molecule has 1 N–H and O–H groups in total. The van der Waals surface area contributed by atoms with Gasteiger partial charge in [0, 0.05) is 11.5 Å². The van der Waals surface area contributed by atoms with Gasteiger partial charge in [-0.05, 0) is 42.2 Å². The van der Waals surface area contributed by atoms with Gasteiger partial charge in [-0.25, -0.2) is 0 Å². The number of aryl methyl sites for hydroxylation is 1. The zero-order valence-electron chi connectivity index (χ0n) is 14.7. The molecule has 3 rings (SSSR count). The second-order valence-corrected chi connectivity index (χ2v) is 5.85. The first kappa shape index (κ1) is 17.6. The average molecular weight is 350 g/mol. The highest BCUT2D eigenvalue weighted by molar-refractivity contribution is 5.95. The number of rotatable bonds is 7. The van der Waals surface area contributed by atoms with Crippen molar-refractivity contribution >= 4 is 11.6 Å². The fourth-order valence-corrected chi connectivity index (χ4v) is 2.74. The van der Waals surface area contributed by atoms with Crippen LogP contribution in [0.3, 0.4) is 0 Å². The van der Waals surface area contributed by atoms with Gasteiger partial charge >= 0.3 is 0 Å². The smallest absolute Gasteiger partial charge is 0.232 e. The predicted molar refractivity (Wildman–Crippen MR) is 97.0 cm³/mol. The van der Waals surface area contributed by atoms with Crippen LogP contribution in [0.15, 0.2) is 48.5 Å². The van der Waals surface area contributed by atoms with Gasteiger partial charge in [0.25, 0.3) is 0 Å². The number of hydrogen-bond donors (Lipinski definition) is 1. The Labute approximate surface area is 151 Å². The predicted octanol–water partition coefficient (Wildman–Crippen LogP) is 2.36. The standard InChI is InChI=1S/C19H21N5O2/c1-3-13-8-10-15(11-9-13)20-19(25)16(18-21-23-24-22-18)12-14-6-4-5-7-17(14)26-2/h4-11,16H,3,12H2,1-2H3,(H2,20,21,22,23,24,25)/p-1/t16-/m0/s1. The number of nitrogens with one attached hydrogen (secondary N) is 1. The summed E-state index contributed by atoms with van der Waals surface area (Å²) in [5, 5.41) is 17.7. The monoisotopic (exact) mass is 350 g/mol. The number of aromatic nitrogens is 4. The van der Waals surface area contributed by atoms with Crippen molar-refractivity contribution in [2.75, 3.05) is 12.4 Å². The van der Waals surface area contributed by atoms with E-state index in [0.29, 0.717) is 18.0 Å². The Hall–Kier alpha value is -3.22. The van der Waals surface area contributed by atoms with Crippen LogP contribution >= 0.6 is 0 Å². The van der Waals surface area contributed by atoms with Gasteiger partial charge in [0.1, 0.15) is 5.75 Å². The molecule has 7 nitrogen and oxygen atoms in total. The maximum Gasteiger partial charge on any atom is 0.232 e. The number of ether oxygens (including phenoxy) is 1. The third-order valence-corrected chi connectivity index (χ3v) is 4.21. The van der Waals surface area contributed by atoms with Crippen molar-refractivity contribution in [3.63, 3.8) is 0 Å². The number of carbonyl (C=O) groups is 1. The highest BCUT2D eigenvalue weighted by Gasteiger charge is 2.22. The molecular formula is C19H20N5O2-. The minimum absolute atomic E-state index is 0.213. The van der Waals surface area contributed by atoms with Crippen LogP contribution in [0, 0.1) is 0 Å². The number of nitrogens with zero attached hydrogens (tertiary/aromatic N) is 4. The topological polar surface area (TPSA) is 91.1 Å². The summed E-state index contributed by atoms with van der Waals surface area (Å²) in [6, 6.07) is 15.3. The van der Waals surface area contributed by atoms with Crippen molar-refractivity contribution in [2.45, 2.75) is 25.7 Å². The second-order valence-electron chi connectivity index (χ2n) is 5.85. The minimum Gasteiger partial charge on any atom is -0.496 e. The van der Waals surface area contributed by atoms with Crippen LogP contribution in [0.4, 0.5) is 5.69 Å². The van der Waals surface area contributed by atoms with Gasteiger partial charge < -0.3 is 15.2 Å². The lowest BCUT2D eigenvalue weighted by Gasteiger charge is -2.18. The molecule has 1 heterocycles. The third-order valence-electron chi connectivity index (χ3n) is 4.21. The lowest BCUT2D eigenvalue weighted by Crippen LogP contribution is -2.24. The van der Waals surface area contributed by atoms with Crippen molar-refractivity contribution in [3.05, 3.63) is 65.5 Å². The Morgan fingerprint density at radius 2 is 1.96 bits per heavy atom. The highest BCUT2D eigenvalue weighted by Crippen LogP contribution is 2.25. The summed E-state index contributed by atoms with van der Waals surface area (Å²) >= 11 is 0. The zero-order valence-corrected chi connectivity index (χ0v) is 14.7. The van der Waals surface area contributed by atoms with Crippen LogP contribution in [0.5, 0.6) is 5.75 Å². The van der Waals surface area contributed by atoms with Crippen LogP contribution in [0.2, 0.25) is 0 Å². The van der Waals surface area contributed by atoms with Gasteiger partial charge in [0.2, 0.25) is 5.91 Å². The quantitative estimate of drug-likeness (QED) is 0.703. The molecule has 0 radical (unpaired) electrons. The van der Waals surface area contributed by atoms with E-state index in [1.807, 2.05) is 48.5 Å². The summed E-state index contributed by atoms with van der Waals surface area (Å²) < 4.78 is 5.38. The lowest BCUT2D eigenvalue weighted by molar-refractivity contribution is -0.117. The van der Waals surface area contributed by atoms with Gasteiger partial charge in [-0.1, -0.05) is 37.3 Å². The van der Waals surface area contributed by atoms with E-state index in [2.05, 4.69) is 32.9 Å². The molecule has 26 heavy (non-hydrogen) atoms. The summed E-state index contributed by atoms with van der Waals surface area (Å²) in [5.74, 6) is 0.172. The Bertz CT molecular complexity index is 847. The number of hydrogen-bond acceptors (Lipinski definition) is 5. The molecule has 0 spiro atoms. The van der Waals surface area contributed by atoms with Crippen LogP contribution in [0.25, 0.3) is 0 Å². The van der Waals surface area contributed by atoms with E-state index in [9.17, 15) is 4.79 Å². The molecule has 0 bridgehead atoms. The first-order chi connectivity index (χ1) is 12.7. The fourth-order valence-electron chi connectivity index (χ4n) is 2.74. The Morgan fingerprint density at radius 1 is 1.19 bits per heavy atom. The van der Waals surface area contributed by atoms with E-state index in [1.54, 1.807) is 7.11 Å². The zero-order chi connectivity index (χ0) is 18.4. The number of carbonyl (C=O) groups excluding carboxylic acids is 1. The SMILES string of the molecule is CCc1ccc(NC(=O)[C@@H](Cc2ccccc2OC)c2nnn[n-]2)cc1.